The van der Waals surface area contributed by atoms with Gasteiger partial charge in [0.25, 0.3) is 0 Å². The molecule has 0 aliphatic heterocycles. The van der Waals surface area contributed by atoms with Crippen molar-refractivity contribution in [2.45, 2.75) is 26.2 Å². The van der Waals surface area contributed by atoms with Crippen LogP contribution in [0, 0.1) is 0 Å². The van der Waals surface area contributed by atoms with Crippen LogP contribution in [0.15, 0.2) is 36.2 Å². The summed E-state index contributed by atoms with van der Waals surface area (Å²) in [6.07, 6.45) is 0.488. The lowest BCUT2D eigenvalue weighted by molar-refractivity contribution is 0.347. The molecule has 0 saturated heterocycles. The van der Waals surface area contributed by atoms with Crippen LogP contribution in [0.25, 0.3) is 11.4 Å². The summed E-state index contributed by atoms with van der Waals surface area (Å²) in [5.74, 6) is 2.25. The van der Waals surface area contributed by atoms with E-state index in [1.807, 2.05) is 31.3 Å². The second-order valence-electron chi connectivity index (χ2n) is 6.42. The molecule has 0 radical (unpaired) electrons. The van der Waals surface area contributed by atoms with Crippen LogP contribution in [0.4, 0.5) is 4.39 Å². The molecule has 0 atom stereocenters. The summed E-state index contributed by atoms with van der Waals surface area (Å²) < 4.78 is 19.7. The van der Waals surface area contributed by atoms with Crippen LogP contribution in [0.3, 0.4) is 0 Å². The Balaban J connectivity index is 0.00000288. The maximum Gasteiger partial charge on any atom is 0.158 e. The van der Waals surface area contributed by atoms with E-state index in [9.17, 15) is 4.39 Å². The molecule has 24 heavy (non-hydrogen) atoms. The van der Waals surface area contributed by atoms with Crippen molar-refractivity contribution in [1.82, 2.24) is 14.8 Å². The molecule has 2 N–H and O–H groups in total. The predicted octanol–water partition coefficient (Wildman–Crippen LogP) is 3.39. The van der Waals surface area contributed by atoms with Gasteiger partial charge in [-0.15, -0.1) is 12.4 Å². The largest absolute Gasteiger partial charge is 0.489 e. The summed E-state index contributed by atoms with van der Waals surface area (Å²) in [5.41, 5.74) is 6.66. The van der Waals surface area contributed by atoms with Crippen molar-refractivity contribution in [2.75, 3.05) is 13.2 Å². The third-order valence-electron chi connectivity index (χ3n) is 3.39. The number of nitrogens with two attached hydrogens (primary N) is 1. The first kappa shape index (κ1) is 20.1. The van der Waals surface area contributed by atoms with Crippen LogP contribution in [0.2, 0.25) is 0 Å². The van der Waals surface area contributed by atoms with E-state index in [0.717, 1.165) is 17.2 Å². The molecule has 1 aromatic carbocycles. The molecule has 5 nitrogen and oxygen atoms in total. The van der Waals surface area contributed by atoms with Crippen LogP contribution in [0.5, 0.6) is 5.75 Å². The summed E-state index contributed by atoms with van der Waals surface area (Å²) >= 11 is 0. The molecule has 0 unspecified atom stereocenters. The fourth-order valence-electron chi connectivity index (χ4n) is 1.96. The fourth-order valence-corrected chi connectivity index (χ4v) is 1.96. The monoisotopic (exact) mass is 354 g/mol. The van der Waals surface area contributed by atoms with Gasteiger partial charge in [-0.1, -0.05) is 20.8 Å². The van der Waals surface area contributed by atoms with Crippen LogP contribution in [-0.4, -0.2) is 27.9 Å². The molecular formula is C17H24ClFN4O. The number of hydrogen-bond donors (Lipinski definition) is 1. The van der Waals surface area contributed by atoms with Crippen molar-refractivity contribution in [3.05, 3.63) is 42.0 Å². The van der Waals surface area contributed by atoms with Crippen LogP contribution in [-0.2, 0) is 12.5 Å². The summed E-state index contributed by atoms with van der Waals surface area (Å²) in [5, 5.41) is 4.47. The Kier molecular flexibility index (Phi) is 6.93. The summed E-state index contributed by atoms with van der Waals surface area (Å²) in [6.45, 7) is 6.52. The average molecular weight is 355 g/mol. The second-order valence-corrected chi connectivity index (χ2v) is 6.42. The summed E-state index contributed by atoms with van der Waals surface area (Å²) in [6, 6.07) is 7.47. The molecule has 0 amide bonds. The molecule has 2 aromatic rings. The van der Waals surface area contributed by atoms with Crippen molar-refractivity contribution in [3.63, 3.8) is 0 Å². The lowest BCUT2D eigenvalue weighted by Gasteiger charge is -2.12. The third kappa shape index (κ3) is 4.79. The molecule has 0 fully saturated rings. The highest BCUT2D eigenvalue weighted by atomic mass is 35.5. The van der Waals surface area contributed by atoms with Crippen LogP contribution < -0.4 is 10.5 Å². The zero-order valence-corrected chi connectivity index (χ0v) is 15.2. The average Bonchev–Trinajstić information content (AvgIpc) is 2.91. The van der Waals surface area contributed by atoms with Crippen molar-refractivity contribution < 1.29 is 9.13 Å². The minimum Gasteiger partial charge on any atom is -0.489 e. The molecule has 0 spiro atoms. The molecule has 1 aromatic heterocycles. The SMILES string of the molecule is Cl.Cn1nc(C(C)(C)C)nc1-c1ccc(OC/C(=C/F)CN)cc1. The smallest absolute Gasteiger partial charge is 0.158 e. The maximum absolute atomic E-state index is 12.4. The lowest BCUT2D eigenvalue weighted by Crippen LogP contribution is -2.13. The number of aryl methyl sites for hydroxylation is 1. The van der Waals surface area contributed by atoms with E-state index in [-0.39, 0.29) is 31.0 Å². The Morgan fingerprint density at radius 1 is 1.29 bits per heavy atom. The van der Waals surface area contributed by atoms with Gasteiger partial charge in [-0.25, -0.2) is 14.1 Å². The first-order valence-corrected chi connectivity index (χ1v) is 7.48. The van der Waals surface area contributed by atoms with Gasteiger partial charge in [-0.2, -0.15) is 5.10 Å². The Bertz CT molecular complexity index is 690. The lowest BCUT2D eigenvalue weighted by atomic mass is 9.96. The molecule has 1 heterocycles. The quantitative estimate of drug-likeness (QED) is 0.893. The number of benzene rings is 1. The van der Waals surface area contributed by atoms with Crippen molar-refractivity contribution in [2.24, 2.45) is 12.8 Å². The minimum absolute atomic E-state index is 0. The second kappa shape index (κ2) is 8.26. The zero-order chi connectivity index (χ0) is 17.0. The van der Waals surface area contributed by atoms with Gasteiger partial charge < -0.3 is 10.5 Å². The van der Waals surface area contributed by atoms with Crippen LogP contribution in [0.1, 0.15) is 26.6 Å². The van der Waals surface area contributed by atoms with Crippen molar-refractivity contribution in [3.8, 4) is 17.1 Å². The number of aromatic nitrogens is 3. The molecule has 2 rings (SSSR count). The zero-order valence-electron chi connectivity index (χ0n) is 14.4. The highest BCUT2D eigenvalue weighted by molar-refractivity contribution is 5.85. The van der Waals surface area contributed by atoms with Gasteiger partial charge in [0.1, 0.15) is 12.4 Å². The van der Waals surface area contributed by atoms with Gasteiger partial charge in [-0.05, 0) is 24.3 Å². The van der Waals surface area contributed by atoms with E-state index < -0.39 is 0 Å². The molecule has 0 bridgehead atoms. The molecular weight excluding hydrogens is 331 g/mol. The van der Waals surface area contributed by atoms with E-state index in [0.29, 0.717) is 17.7 Å². The highest BCUT2D eigenvalue weighted by Crippen LogP contribution is 2.24. The molecule has 132 valence electrons. The minimum atomic E-state index is -0.101. The number of rotatable bonds is 5. The fraction of sp³-hybridized carbons (Fsp3) is 0.412. The normalized spacial score (nSPS) is 12.0. The molecule has 0 aliphatic carbocycles. The summed E-state index contributed by atoms with van der Waals surface area (Å²) in [4.78, 5) is 4.62. The van der Waals surface area contributed by atoms with Crippen molar-refractivity contribution >= 4 is 12.4 Å². The Morgan fingerprint density at radius 3 is 2.38 bits per heavy atom. The third-order valence-corrected chi connectivity index (χ3v) is 3.39. The Morgan fingerprint density at radius 2 is 1.92 bits per heavy atom. The van der Waals surface area contributed by atoms with Gasteiger partial charge in [-0.3, -0.25) is 0 Å². The predicted molar refractivity (Wildman–Crippen MR) is 96.1 cm³/mol. The van der Waals surface area contributed by atoms with Gasteiger partial charge in [0, 0.05) is 30.1 Å². The Hall–Kier alpha value is -1.92. The van der Waals surface area contributed by atoms with E-state index in [2.05, 4.69) is 30.9 Å². The van der Waals surface area contributed by atoms with E-state index in [4.69, 9.17) is 10.5 Å². The highest BCUT2D eigenvalue weighted by Gasteiger charge is 2.21. The molecule has 7 heteroatoms. The van der Waals surface area contributed by atoms with Crippen molar-refractivity contribution in [1.29, 1.82) is 0 Å². The number of hydrogen-bond acceptors (Lipinski definition) is 4. The topological polar surface area (TPSA) is 66.0 Å². The first-order valence-electron chi connectivity index (χ1n) is 7.48. The molecule has 0 saturated carbocycles. The van der Waals surface area contributed by atoms with Gasteiger partial charge in [0.05, 0.1) is 6.33 Å². The van der Waals surface area contributed by atoms with E-state index in [1.165, 1.54) is 0 Å². The van der Waals surface area contributed by atoms with Crippen LogP contribution >= 0.6 is 12.4 Å². The molecule has 0 aliphatic rings. The van der Waals surface area contributed by atoms with Gasteiger partial charge >= 0.3 is 0 Å². The van der Waals surface area contributed by atoms with E-state index >= 15 is 0 Å². The summed E-state index contributed by atoms with van der Waals surface area (Å²) in [7, 11) is 1.88. The van der Waals surface area contributed by atoms with E-state index in [1.54, 1.807) is 4.68 Å². The number of ether oxygens (including phenoxy) is 1. The number of halogens is 2. The van der Waals surface area contributed by atoms with Gasteiger partial charge in [0.2, 0.25) is 0 Å². The maximum atomic E-state index is 12.4. The van der Waals surface area contributed by atoms with Gasteiger partial charge in [0.15, 0.2) is 11.6 Å². The Labute approximate surface area is 148 Å². The standard InChI is InChI=1S/C17H23FN4O.ClH/c1-17(2,3)16-20-15(22(4)21-16)13-5-7-14(8-6-13)23-11-12(9-18)10-19;/h5-9H,10-11,19H2,1-4H3;1H/b12-9+;. The number of nitrogens with zero attached hydrogens (tertiary/aromatic N) is 3. The first-order chi connectivity index (χ1) is 10.8.